The van der Waals surface area contributed by atoms with Crippen molar-refractivity contribution < 1.29 is 9.85 Å². The number of aryl methyl sites for hydroxylation is 4. The fraction of sp³-hybridized carbons (Fsp3) is 0.278. The van der Waals surface area contributed by atoms with Gasteiger partial charge < -0.3 is 9.97 Å². The molecule has 0 saturated carbocycles. The molecule has 234 valence electrons. The van der Waals surface area contributed by atoms with Crippen LogP contribution in [0.5, 0.6) is 0 Å². The lowest BCUT2D eigenvalue weighted by Gasteiger charge is -2.05. The number of aromatic amines is 2. The molecule has 0 spiro atoms. The highest BCUT2D eigenvalue weighted by Gasteiger charge is 2.31. The van der Waals surface area contributed by atoms with E-state index in [4.69, 9.17) is 9.97 Å². The number of hydrogen-bond donors (Lipinski definition) is 2. The Kier molecular flexibility index (Phi) is 7.46. The minimum absolute atomic E-state index is 0.0923. The van der Waals surface area contributed by atoms with Crippen molar-refractivity contribution in [3.05, 3.63) is 102 Å². The van der Waals surface area contributed by atoms with Crippen LogP contribution in [-0.4, -0.2) is 29.8 Å². The number of rotatable bonds is 5. The largest absolute Gasteiger partial charge is 0.349 e. The molecule has 8 bridgehead atoms. The summed E-state index contributed by atoms with van der Waals surface area (Å²) < 4.78 is 0. The monoisotopic (exact) mass is 616 g/mol. The van der Waals surface area contributed by atoms with Gasteiger partial charge in [0.2, 0.25) is 0 Å². The highest BCUT2D eigenvalue weighted by Crippen LogP contribution is 2.44. The van der Waals surface area contributed by atoms with Gasteiger partial charge in [0.05, 0.1) is 32.3 Å². The quantitative estimate of drug-likeness (QED) is 0.169. The molecule has 5 heterocycles. The van der Waals surface area contributed by atoms with Crippen molar-refractivity contribution >= 4 is 55.7 Å². The molecule has 0 atom stereocenters. The van der Waals surface area contributed by atoms with Gasteiger partial charge in [-0.25, -0.2) is 9.97 Å². The van der Waals surface area contributed by atoms with Gasteiger partial charge in [0.25, 0.3) is 0 Å². The standard InChI is InChI=1S/C36H36N6O4/c1-9-24-21(7)33-35(41(43)44)31-19(5)17(3)29(39-31)28(23-14-12-11-13-15-23)30-18(4)20(6)32(40-30)36(42(45)46)34-22(8)25(10-2)27(38-34)16-26(24)37-33/h11-16,39-40H,9-10H2,1-8H3. The smallest absolute Gasteiger partial charge is 0.318 e. The van der Waals surface area contributed by atoms with Crippen LogP contribution in [0.3, 0.4) is 0 Å². The molecule has 0 fully saturated rings. The van der Waals surface area contributed by atoms with Crippen LogP contribution in [0.1, 0.15) is 85.6 Å². The summed E-state index contributed by atoms with van der Waals surface area (Å²) in [4.78, 5) is 41.8. The number of nitro groups is 2. The Morgan fingerprint density at radius 2 is 1.02 bits per heavy atom. The molecule has 6 rings (SSSR count). The number of nitrogens with one attached hydrogen (secondary N) is 2. The van der Waals surface area contributed by atoms with Gasteiger partial charge in [0.1, 0.15) is 22.4 Å². The van der Waals surface area contributed by atoms with E-state index in [1.165, 1.54) is 0 Å². The molecule has 0 radical (unpaired) electrons. The molecule has 2 aliphatic rings. The van der Waals surface area contributed by atoms with Gasteiger partial charge in [0, 0.05) is 5.56 Å². The minimum Gasteiger partial charge on any atom is -0.349 e. The van der Waals surface area contributed by atoms with Gasteiger partial charge >= 0.3 is 11.4 Å². The number of allylic oxidation sites excluding steroid dienone is 4. The van der Waals surface area contributed by atoms with E-state index in [1.54, 1.807) is 0 Å². The van der Waals surface area contributed by atoms with E-state index in [9.17, 15) is 20.2 Å². The number of aromatic nitrogens is 4. The second kappa shape index (κ2) is 11.2. The Hall–Kier alpha value is -5.38. The summed E-state index contributed by atoms with van der Waals surface area (Å²) in [6, 6.07) is 11.5. The summed E-state index contributed by atoms with van der Waals surface area (Å²) in [6.07, 6.45) is 1.19. The van der Waals surface area contributed by atoms with Crippen molar-refractivity contribution in [3.63, 3.8) is 0 Å². The molecule has 0 unspecified atom stereocenters. The molecule has 4 aromatic rings. The molecule has 2 aliphatic heterocycles. The van der Waals surface area contributed by atoms with Crippen molar-refractivity contribution in [1.82, 2.24) is 19.9 Å². The van der Waals surface area contributed by atoms with Crippen LogP contribution >= 0.6 is 0 Å². The number of fused-ring (bicyclic) bond motifs is 8. The number of nitrogens with zero attached hydrogens (tertiary/aromatic N) is 4. The van der Waals surface area contributed by atoms with E-state index in [0.717, 1.165) is 55.7 Å². The molecule has 2 N–H and O–H groups in total. The molecule has 0 amide bonds. The average Bonchev–Trinajstić information content (AvgIpc) is 3.69. The third kappa shape index (κ3) is 4.47. The Morgan fingerprint density at radius 1 is 0.630 bits per heavy atom. The van der Waals surface area contributed by atoms with E-state index < -0.39 is 0 Å². The molecule has 10 nitrogen and oxygen atoms in total. The lowest BCUT2D eigenvalue weighted by atomic mass is 9.99. The molecular formula is C36H36N6O4. The second-order valence-electron chi connectivity index (χ2n) is 12.0. The maximum atomic E-state index is 12.9. The highest BCUT2D eigenvalue weighted by atomic mass is 16.6. The van der Waals surface area contributed by atoms with Gasteiger partial charge in [-0.3, -0.25) is 20.2 Å². The fourth-order valence-corrected chi connectivity index (χ4v) is 6.89. The zero-order valence-corrected chi connectivity index (χ0v) is 27.3. The van der Waals surface area contributed by atoms with Crippen molar-refractivity contribution in [2.75, 3.05) is 0 Å². The van der Waals surface area contributed by atoms with Crippen molar-refractivity contribution in [1.29, 1.82) is 0 Å². The first-order valence-electron chi connectivity index (χ1n) is 15.4. The zero-order valence-electron chi connectivity index (χ0n) is 27.3. The predicted octanol–water partition coefficient (Wildman–Crippen LogP) is 9.71. The van der Waals surface area contributed by atoms with Crippen LogP contribution in [0.15, 0.2) is 36.4 Å². The van der Waals surface area contributed by atoms with E-state index in [0.29, 0.717) is 57.7 Å². The lowest BCUT2D eigenvalue weighted by molar-refractivity contribution is -0.383. The van der Waals surface area contributed by atoms with E-state index in [1.807, 2.05) is 91.8 Å². The Bertz CT molecular complexity index is 2100. The van der Waals surface area contributed by atoms with Crippen LogP contribution in [-0.2, 0) is 0 Å². The van der Waals surface area contributed by atoms with Gasteiger partial charge in [-0.15, -0.1) is 0 Å². The molecule has 10 heteroatoms. The molecule has 3 aromatic heterocycles. The van der Waals surface area contributed by atoms with E-state index in [2.05, 4.69) is 9.97 Å². The topological polar surface area (TPSA) is 144 Å². The predicted molar refractivity (Wildman–Crippen MR) is 184 cm³/mol. The first kappa shape index (κ1) is 30.6. The summed E-state index contributed by atoms with van der Waals surface area (Å²) in [7, 11) is 0. The van der Waals surface area contributed by atoms with Crippen molar-refractivity contribution in [3.8, 4) is 11.1 Å². The normalized spacial score (nSPS) is 13.1. The molecule has 46 heavy (non-hydrogen) atoms. The maximum Gasteiger partial charge on any atom is 0.318 e. The molecule has 0 saturated heterocycles. The Morgan fingerprint density at radius 3 is 1.39 bits per heavy atom. The molecular weight excluding hydrogens is 580 g/mol. The zero-order chi connectivity index (χ0) is 33.2. The van der Waals surface area contributed by atoms with Crippen LogP contribution in [0.4, 0.5) is 11.4 Å². The van der Waals surface area contributed by atoms with Gasteiger partial charge in [0.15, 0.2) is 0 Å². The summed E-state index contributed by atoms with van der Waals surface area (Å²) in [5.41, 5.74) is 11.6. The van der Waals surface area contributed by atoms with Crippen LogP contribution in [0.2, 0.25) is 0 Å². The summed E-state index contributed by atoms with van der Waals surface area (Å²) in [5.74, 6) is 0. The SMILES string of the molecule is CCC1=C(C)c2nc1cc1nc(c([N+](=O)[O-])c3[nH]c(c(C)c3C)c(-c3ccccc3)c3[nH]c(c(C)c3C)c2[N+](=O)[O-])C(C)=C1CC. The Balaban J connectivity index is 2.00. The third-order valence-electron chi connectivity index (χ3n) is 9.65. The second-order valence-corrected chi connectivity index (χ2v) is 12.0. The van der Waals surface area contributed by atoms with Crippen LogP contribution in [0, 0.1) is 47.9 Å². The van der Waals surface area contributed by atoms with E-state index >= 15 is 0 Å². The van der Waals surface area contributed by atoms with Crippen LogP contribution in [0.25, 0.3) is 55.5 Å². The average molecular weight is 617 g/mol. The maximum absolute atomic E-state index is 12.9. The summed E-state index contributed by atoms with van der Waals surface area (Å²) >= 11 is 0. The van der Waals surface area contributed by atoms with E-state index in [-0.39, 0.29) is 21.2 Å². The summed E-state index contributed by atoms with van der Waals surface area (Å²) in [6.45, 7) is 15.3. The fourth-order valence-electron chi connectivity index (χ4n) is 6.89. The van der Waals surface area contributed by atoms with Gasteiger partial charge in [-0.05, 0) is 111 Å². The molecule has 0 aliphatic carbocycles. The number of hydrogen-bond acceptors (Lipinski definition) is 6. The van der Waals surface area contributed by atoms with Crippen molar-refractivity contribution in [2.45, 2.75) is 68.2 Å². The number of H-pyrrole nitrogens is 2. The first-order valence-corrected chi connectivity index (χ1v) is 15.4. The van der Waals surface area contributed by atoms with Crippen LogP contribution < -0.4 is 0 Å². The summed E-state index contributed by atoms with van der Waals surface area (Å²) in [5, 5.41) is 25.8. The lowest BCUT2D eigenvalue weighted by Crippen LogP contribution is -1.95. The Labute approximate surface area is 266 Å². The third-order valence-corrected chi connectivity index (χ3v) is 9.65. The molecule has 1 aromatic carbocycles. The highest BCUT2D eigenvalue weighted by molar-refractivity contribution is 6.03. The van der Waals surface area contributed by atoms with Gasteiger partial charge in [-0.2, -0.15) is 0 Å². The minimum atomic E-state index is -0.354. The van der Waals surface area contributed by atoms with Crippen molar-refractivity contribution in [2.24, 2.45) is 0 Å². The first-order chi connectivity index (χ1) is 21.9. The number of benzene rings is 1. The van der Waals surface area contributed by atoms with Gasteiger partial charge in [-0.1, -0.05) is 44.2 Å².